The monoisotopic (exact) mass is 437 g/mol. The van der Waals surface area contributed by atoms with Crippen LogP contribution >= 0.6 is 35.0 Å². The Labute approximate surface area is 174 Å². The fourth-order valence-electron chi connectivity index (χ4n) is 2.48. The fourth-order valence-corrected chi connectivity index (χ4v) is 3.63. The second-order valence-electron chi connectivity index (χ2n) is 5.72. The van der Waals surface area contributed by atoms with Gasteiger partial charge >= 0.3 is 0 Å². The summed E-state index contributed by atoms with van der Waals surface area (Å²) < 4.78 is 15.2. The molecule has 1 N–H and O–H groups in total. The van der Waals surface area contributed by atoms with Crippen LogP contribution in [0, 0.1) is 5.82 Å². The third-order valence-electron chi connectivity index (χ3n) is 3.73. The summed E-state index contributed by atoms with van der Waals surface area (Å²) in [5.74, 6) is -1.14. The molecule has 5 nitrogen and oxygen atoms in total. The molecule has 0 fully saturated rings. The lowest BCUT2D eigenvalue weighted by Gasteiger charge is -2.12. The van der Waals surface area contributed by atoms with Crippen molar-refractivity contribution >= 4 is 57.5 Å². The van der Waals surface area contributed by atoms with Crippen molar-refractivity contribution in [3.05, 3.63) is 75.3 Å². The highest BCUT2D eigenvalue weighted by molar-refractivity contribution is 7.99. The SMILES string of the molecule is C=CCn1c(SCC(=O)Nc2cc(Cl)ccc2F)nc2cc(Cl)ccc2c1=O. The van der Waals surface area contributed by atoms with Gasteiger partial charge in [0.05, 0.1) is 22.3 Å². The summed E-state index contributed by atoms with van der Waals surface area (Å²) in [6.45, 7) is 3.88. The number of anilines is 1. The molecule has 0 aliphatic rings. The number of thioether (sulfide) groups is 1. The molecule has 0 bridgehead atoms. The van der Waals surface area contributed by atoms with Crippen molar-refractivity contribution in [3.8, 4) is 0 Å². The van der Waals surface area contributed by atoms with Crippen LogP contribution in [0.15, 0.2) is 59.0 Å². The maximum atomic E-state index is 13.8. The van der Waals surface area contributed by atoms with Crippen molar-refractivity contribution in [2.45, 2.75) is 11.7 Å². The number of carbonyl (C=O) groups is 1. The van der Waals surface area contributed by atoms with E-state index in [2.05, 4.69) is 16.9 Å². The third-order valence-corrected chi connectivity index (χ3v) is 5.18. The van der Waals surface area contributed by atoms with Crippen molar-refractivity contribution in [2.75, 3.05) is 11.1 Å². The highest BCUT2D eigenvalue weighted by Crippen LogP contribution is 2.22. The van der Waals surface area contributed by atoms with E-state index in [1.807, 2.05) is 0 Å². The van der Waals surface area contributed by atoms with E-state index in [0.717, 1.165) is 11.8 Å². The van der Waals surface area contributed by atoms with Gasteiger partial charge in [0.15, 0.2) is 5.16 Å². The predicted octanol–water partition coefficient (Wildman–Crippen LogP) is 4.76. The summed E-state index contributed by atoms with van der Waals surface area (Å²) in [4.78, 5) is 29.4. The first kappa shape index (κ1) is 20.4. The lowest BCUT2D eigenvalue weighted by Crippen LogP contribution is -2.24. The van der Waals surface area contributed by atoms with Gasteiger partial charge in [0.1, 0.15) is 5.82 Å². The van der Waals surface area contributed by atoms with Gasteiger partial charge in [-0.1, -0.05) is 41.0 Å². The van der Waals surface area contributed by atoms with Crippen molar-refractivity contribution in [3.63, 3.8) is 0 Å². The summed E-state index contributed by atoms with van der Waals surface area (Å²) in [5, 5.41) is 3.96. The highest BCUT2D eigenvalue weighted by Gasteiger charge is 2.14. The first-order valence-corrected chi connectivity index (χ1v) is 9.82. The number of halogens is 3. The molecule has 0 atom stereocenters. The predicted molar refractivity (Wildman–Crippen MR) is 112 cm³/mol. The average Bonchev–Trinajstić information content (AvgIpc) is 2.65. The van der Waals surface area contributed by atoms with Crippen LogP contribution in [0.4, 0.5) is 10.1 Å². The van der Waals surface area contributed by atoms with E-state index in [1.165, 1.54) is 22.8 Å². The van der Waals surface area contributed by atoms with Crippen LogP contribution in [0.2, 0.25) is 10.0 Å². The van der Waals surface area contributed by atoms with Crippen molar-refractivity contribution in [1.82, 2.24) is 9.55 Å². The number of nitrogens with zero attached hydrogens (tertiary/aromatic N) is 2. The maximum Gasteiger partial charge on any atom is 0.262 e. The fraction of sp³-hybridized carbons (Fsp3) is 0.105. The Morgan fingerprint density at radius 1 is 1.25 bits per heavy atom. The Balaban J connectivity index is 1.85. The van der Waals surface area contributed by atoms with E-state index in [-0.39, 0.29) is 23.5 Å². The summed E-state index contributed by atoms with van der Waals surface area (Å²) >= 11 is 12.9. The number of aromatic nitrogens is 2. The Kier molecular flexibility index (Phi) is 6.39. The van der Waals surface area contributed by atoms with Gasteiger partial charge in [-0.2, -0.15) is 0 Å². The van der Waals surface area contributed by atoms with Crippen molar-refractivity contribution in [2.24, 2.45) is 0 Å². The summed E-state index contributed by atoms with van der Waals surface area (Å²) in [7, 11) is 0. The molecule has 0 unspecified atom stereocenters. The molecular formula is C19H14Cl2FN3O2S. The molecule has 1 aromatic heterocycles. The molecule has 28 heavy (non-hydrogen) atoms. The molecule has 0 saturated heterocycles. The van der Waals surface area contributed by atoms with Crippen LogP contribution in [0.25, 0.3) is 10.9 Å². The first-order valence-electron chi connectivity index (χ1n) is 8.07. The van der Waals surface area contributed by atoms with Gasteiger partial charge < -0.3 is 5.32 Å². The van der Waals surface area contributed by atoms with E-state index in [4.69, 9.17) is 23.2 Å². The van der Waals surface area contributed by atoms with Gasteiger partial charge in [-0.15, -0.1) is 6.58 Å². The number of nitrogens with one attached hydrogen (secondary N) is 1. The minimum atomic E-state index is -0.593. The first-order chi connectivity index (χ1) is 13.4. The Morgan fingerprint density at radius 3 is 2.71 bits per heavy atom. The minimum absolute atomic E-state index is 0.0140. The molecular weight excluding hydrogens is 424 g/mol. The van der Waals surface area contributed by atoms with Crippen LogP contribution < -0.4 is 10.9 Å². The van der Waals surface area contributed by atoms with Gasteiger partial charge in [0.25, 0.3) is 5.56 Å². The molecule has 9 heteroatoms. The number of carbonyl (C=O) groups excluding carboxylic acids is 1. The number of amides is 1. The molecule has 0 radical (unpaired) electrons. The molecule has 3 aromatic rings. The van der Waals surface area contributed by atoms with Gasteiger partial charge in [-0.25, -0.2) is 9.37 Å². The largest absolute Gasteiger partial charge is 0.323 e. The number of hydrogen-bond acceptors (Lipinski definition) is 4. The van der Waals surface area contributed by atoms with Crippen LogP contribution in [-0.4, -0.2) is 21.2 Å². The number of hydrogen-bond donors (Lipinski definition) is 1. The van der Waals surface area contributed by atoms with E-state index in [0.29, 0.717) is 26.1 Å². The molecule has 3 rings (SSSR count). The van der Waals surface area contributed by atoms with Crippen LogP contribution in [0.5, 0.6) is 0 Å². The zero-order chi connectivity index (χ0) is 20.3. The summed E-state index contributed by atoms with van der Waals surface area (Å²) in [5.41, 5.74) is 0.159. The van der Waals surface area contributed by atoms with E-state index in [1.54, 1.807) is 24.3 Å². The minimum Gasteiger partial charge on any atom is -0.323 e. The second-order valence-corrected chi connectivity index (χ2v) is 7.54. The summed E-state index contributed by atoms with van der Waals surface area (Å²) in [6, 6.07) is 8.69. The molecule has 144 valence electrons. The van der Waals surface area contributed by atoms with Crippen LogP contribution in [-0.2, 0) is 11.3 Å². The molecule has 0 aliphatic carbocycles. The van der Waals surface area contributed by atoms with Crippen molar-refractivity contribution in [1.29, 1.82) is 0 Å². The topological polar surface area (TPSA) is 64.0 Å². The Bertz CT molecular complexity index is 1130. The number of fused-ring (bicyclic) bond motifs is 1. The Morgan fingerprint density at radius 2 is 1.96 bits per heavy atom. The Hall–Kier alpha value is -2.35. The zero-order valence-corrected chi connectivity index (χ0v) is 16.7. The molecule has 0 aliphatic heterocycles. The van der Waals surface area contributed by atoms with Crippen LogP contribution in [0.1, 0.15) is 0 Å². The van der Waals surface area contributed by atoms with Crippen LogP contribution in [0.3, 0.4) is 0 Å². The maximum absolute atomic E-state index is 13.8. The van der Waals surface area contributed by atoms with E-state index >= 15 is 0 Å². The number of rotatable bonds is 6. The standard InChI is InChI=1S/C19H14Cl2FN3O2S/c1-2-7-25-18(27)13-5-3-11(20)8-15(13)24-19(25)28-10-17(26)23-16-9-12(21)4-6-14(16)22/h2-6,8-9H,1,7,10H2,(H,23,26). The zero-order valence-electron chi connectivity index (χ0n) is 14.4. The molecule has 2 aromatic carbocycles. The molecule has 1 heterocycles. The lowest BCUT2D eigenvalue weighted by molar-refractivity contribution is -0.113. The highest BCUT2D eigenvalue weighted by atomic mass is 35.5. The smallest absolute Gasteiger partial charge is 0.262 e. The van der Waals surface area contributed by atoms with Crippen molar-refractivity contribution < 1.29 is 9.18 Å². The summed E-state index contributed by atoms with van der Waals surface area (Å²) in [6.07, 6.45) is 1.57. The third kappa shape index (κ3) is 4.55. The van der Waals surface area contributed by atoms with Gasteiger partial charge in [0, 0.05) is 16.6 Å². The lowest BCUT2D eigenvalue weighted by atomic mass is 10.2. The van der Waals surface area contributed by atoms with E-state index < -0.39 is 11.7 Å². The average molecular weight is 438 g/mol. The quantitative estimate of drug-likeness (QED) is 0.343. The van der Waals surface area contributed by atoms with Gasteiger partial charge in [-0.05, 0) is 36.4 Å². The molecule has 0 spiro atoms. The van der Waals surface area contributed by atoms with Gasteiger partial charge in [0.2, 0.25) is 5.91 Å². The molecule has 0 saturated carbocycles. The van der Waals surface area contributed by atoms with Gasteiger partial charge in [-0.3, -0.25) is 14.2 Å². The number of allylic oxidation sites excluding steroid dienone is 1. The van der Waals surface area contributed by atoms with E-state index in [9.17, 15) is 14.0 Å². The second kappa shape index (κ2) is 8.77. The normalized spacial score (nSPS) is 10.8. The number of benzene rings is 2. The molecule has 1 amide bonds.